The molecule has 0 radical (unpaired) electrons. The standard InChI is InChI=1S/C46H54N6O7S/c1-5-57-46(53)45-38(18-12-30-58-42-19-10-14-33-13-6-7-15-36(33)42)37-16-11-17-39-43-40(47-49(4)41(43)32-56-29-9-8-24-52(45)44(37)39)31-59-35-22-20-34(21-23-35)50-25-27-51(28-26-50)60(54,55)48(2)3/h6-7,10-11,13-17,19-23H,5,8-9,12,18,24-32H2,1-4H3. The van der Waals surface area contributed by atoms with E-state index in [1.165, 1.54) is 8.61 Å². The summed E-state index contributed by atoms with van der Waals surface area (Å²) < 4.78 is 56.9. The Morgan fingerprint density at radius 1 is 0.867 bits per heavy atom. The lowest BCUT2D eigenvalue weighted by Crippen LogP contribution is -2.51. The van der Waals surface area contributed by atoms with Gasteiger partial charge in [0.15, 0.2) is 0 Å². The van der Waals surface area contributed by atoms with Gasteiger partial charge in [-0.15, -0.1) is 0 Å². The fourth-order valence-corrected chi connectivity index (χ4v) is 9.58. The van der Waals surface area contributed by atoms with Crippen LogP contribution >= 0.6 is 0 Å². The molecule has 13 nitrogen and oxygen atoms in total. The van der Waals surface area contributed by atoms with Crippen molar-refractivity contribution in [3.63, 3.8) is 0 Å². The average Bonchev–Trinajstić information content (AvgIpc) is 3.74. The fraction of sp³-hybridized carbons (Fsp3) is 0.391. The van der Waals surface area contributed by atoms with Crippen LogP contribution in [0.25, 0.3) is 32.8 Å². The number of anilines is 1. The number of hydrogen-bond acceptors (Lipinski definition) is 9. The van der Waals surface area contributed by atoms with Crippen LogP contribution in [0, 0.1) is 0 Å². The van der Waals surface area contributed by atoms with E-state index in [0.717, 1.165) is 74.0 Å². The molecule has 4 aromatic carbocycles. The van der Waals surface area contributed by atoms with E-state index in [9.17, 15) is 13.2 Å². The van der Waals surface area contributed by atoms with Gasteiger partial charge in [0, 0.05) is 88.1 Å². The third-order valence-electron chi connectivity index (χ3n) is 11.5. The molecule has 2 aliphatic heterocycles. The molecule has 60 heavy (non-hydrogen) atoms. The van der Waals surface area contributed by atoms with Crippen LogP contribution in [0.1, 0.15) is 53.6 Å². The van der Waals surface area contributed by atoms with Crippen molar-refractivity contribution in [1.82, 2.24) is 23.0 Å². The Balaban J connectivity index is 1.08. The first-order chi connectivity index (χ1) is 29.2. The fourth-order valence-electron chi connectivity index (χ4n) is 8.50. The number of piperazine rings is 1. The normalized spacial score (nSPS) is 15.2. The molecular formula is C46H54N6O7S. The molecule has 0 amide bonds. The van der Waals surface area contributed by atoms with Crippen molar-refractivity contribution < 1.29 is 32.2 Å². The number of nitrogens with zero attached hydrogens (tertiary/aromatic N) is 6. The topological polar surface area (TPSA) is 121 Å². The molecule has 0 bridgehead atoms. The second-order valence-electron chi connectivity index (χ2n) is 15.4. The number of ether oxygens (including phenoxy) is 4. The van der Waals surface area contributed by atoms with Gasteiger partial charge in [0.25, 0.3) is 10.2 Å². The van der Waals surface area contributed by atoms with Gasteiger partial charge in [-0.2, -0.15) is 22.1 Å². The lowest BCUT2D eigenvalue weighted by atomic mass is 9.98. The largest absolute Gasteiger partial charge is 0.493 e. The van der Waals surface area contributed by atoms with Gasteiger partial charge in [0.05, 0.1) is 31.0 Å². The summed E-state index contributed by atoms with van der Waals surface area (Å²) in [4.78, 5) is 16.2. The van der Waals surface area contributed by atoms with Crippen LogP contribution in [0.2, 0.25) is 0 Å². The van der Waals surface area contributed by atoms with Crippen LogP contribution in [-0.4, -0.2) is 97.4 Å². The molecule has 2 aromatic heterocycles. The minimum Gasteiger partial charge on any atom is -0.493 e. The summed E-state index contributed by atoms with van der Waals surface area (Å²) in [7, 11) is 1.62. The molecular weight excluding hydrogens is 781 g/mol. The highest BCUT2D eigenvalue weighted by Crippen LogP contribution is 2.40. The molecule has 14 heteroatoms. The van der Waals surface area contributed by atoms with Crippen molar-refractivity contribution in [3.05, 3.63) is 108 Å². The minimum atomic E-state index is -3.44. The molecule has 316 valence electrons. The van der Waals surface area contributed by atoms with Gasteiger partial charge in [-0.25, -0.2) is 4.79 Å². The molecule has 0 spiro atoms. The first-order valence-corrected chi connectivity index (χ1v) is 22.3. The smallest absolute Gasteiger partial charge is 0.355 e. The molecule has 8 rings (SSSR count). The Morgan fingerprint density at radius 2 is 1.62 bits per heavy atom. The molecule has 1 saturated heterocycles. The van der Waals surface area contributed by atoms with Gasteiger partial charge in [-0.1, -0.05) is 54.6 Å². The number of para-hydroxylation sites is 1. The predicted octanol–water partition coefficient (Wildman–Crippen LogP) is 7.20. The van der Waals surface area contributed by atoms with Crippen molar-refractivity contribution in [1.29, 1.82) is 0 Å². The molecule has 2 aliphatic rings. The Bertz CT molecular complexity index is 2570. The first-order valence-electron chi connectivity index (χ1n) is 20.9. The minimum absolute atomic E-state index is 0.212. The van der Waals surface area contributed by atoms with E-state index in [1.807, 2.05) is 67.2 Å². The summed E-state index contributed by atoms with van der Waals surface area (Å²) in [6.07, 6.45) is 3.00. The van der Waals surface area contributed by atoms with Gasteiger partial charge in [-0.3, -0.25) is 4.68 Å². The Kier molecular flexibility index (Phi) is 12.4. The Hall–Kier alpha value is -5.41. The summed E-state index contributed by atoms with van der Waals surface area (Å²) in [5, 5.41) is 8.22. The number of fused-ring (bicyclic) bond motifs is 3. The first kappa shape index (κ1) is 41.3. The highest BCUT2D eigenvalue weighted by molar-refractivity contribution is 7.86. The number of carbonyl (C=O) groups is 1. The zero-order valence-corrected chi connectivity index (χ0v) is 35.7. The van der Waals surface area contributed by atoms with Gasteiger partial charge in [-0.05, 0) is 73.9 Å². The quantitative estimate of drug-likeness (QED) is 0.0879. The van der Waals surface area contributed by atoms with Crippen molar-refractivity contribution in [2.24, 2.45) is 7.05 Å². The Labute approximate surface area is 352 Å². The number of rotatable bonds is 13. The maximum Gasteiger partial charge on any atom is 0.355 e. The van der Waals surface area contributed by atoms with E-state index >= 15 is 0 Å². The number of carbonyl (C=O) groups excluding carboxylic acids is 1. The van der Waals surface area contributed by atoms with E-state index in [4.69, 9.17) is 24.0 Å². The van der Waals surface area contributed by atoms with Crippen molar-refractivity contribution in [3.8, 4) is 22.6 Å². The predicted molar refractivity (Wildman–Crippen MR) is 234 cm³/mol. The van der Waals surface area contributed by atoms with Crippen molar-refractivity contribution in [2.75, 3.05) is 65.0 Å². The van der Waals surface area contributed by atoms with Crippen molar-refractivity contribution >= 4 is 43.5 Å². The van der Waals surface area contributed by atoms with E-state index < -0.39 is 10.2 Å². The van der Waals surface area contributed by atoms with Gasteiger partial charge in [0.2, 0.25) is 0 Å². The van der Waals surface area contributed by atoms with E-state index in [1.54, 1.807) is 14.1 Å². The van der Waals surface area contributed by atoms with Crippen molar-refractivity contribution in [2.45, 2.75) is 52.4 Å². The highest BCUT2D eigenvalue weighted by Gasteiger charge is 2.30. The second-order valence-corrected chi connectivity index (χ2v) is 17.6. The number of esters is 1. The van der Waals surface area contributed by atoms with Crippen LogP contribution in [0.3, 0.4) is 0 Å². The molecule has 0 aliphatic carbocycles. The second kappa shape index (κ2) is 18.1. The van der Waals surface area contributed by atoms with Gasteiger partial charge in [0.1, 0.15) is 29.5 Å². The third-order valence-corrected chi connectivity index (χ3v) is 13.4. The molecule has 0 unspecified atom stereocenters. The summed E-state index contributed by atoms with van der Waals surface area (Å²) in [5.41, 5.74) is 7.14. The summed E-state index contributed by atoms with van der Waals surface area (Å²) in [5.74, 6) is 1.22. The highest BCUT2D eigenvalue weighted by atomic mass is 32.2. The number of benzene rings is 4. The zero-order chi connectivity index (χ0) is 41.8. The molecule has 0 saturated carbocycles. The van der Waals surface area contributed by atoms with Crippen LogP contribution < -0.4 is 14.4 Å². The molecule has 4 heterocycles. The Morgan fingerprint density at radius 3 is 2.40 bits per heavy atom. The molecule has 0 atom stereocenters. The van der Waals surface area contributed by atoms with Crippen LogP contribution in [0.4, 0.5) is 5.69 Å². The van der Waals surface area contributed by atoms with E-state index in [-0.39, 0.29) is 19.2 Å². The van der Waals surface area contributed by atoms with E-state index in [2.05, 4.69) is 45.9 Å². The number of aryl methyl sites for hydroxylation is 3. The van der Waals surface area contributed by atoms with Gasteiger partial charge < -0.3 is 28.4 Å². The molecule has 0 N–H and O–H groups in total. The third kappa shape index (κ3) is 8.33. The maximum atomic E-state index is 14.0. The van der Waals surface area contributed by atoms with Crippen LogP contribution in [0.5, 0.6) is 11.5 Å². The average molecular weight is 835 g/mol. The summed E-state index contributed by atoms with van der Waals surface area (Å²) >= 11 is 0. The van der Waals surface area contributed by atoms with Crippen LogP contribution in [-0.2, 0) is 52.9 Å². The lowest BCUT2D eigenvalue weighted by molar-refractivity contribution is 0.0512. The lowest BCUT2D eigenvalue weighted by Gasteiger charge is -2.36. The summed E-state index contributed by atoms with van der Waals surface area (Å²) in [6, 6.07) is 28.5. The van der Waals surface area contributed by atoms with Gasteiger partial charge >= 0.3 is 5.97 Å². The SMILES string of the molecule is CCOC(=O)c1c(CCCOc2cccc3ccccc23)c2cccc3c2n1CCCCOCc1c-3c(COc2ccc(N3CCN(S(=O)(=O)N(C)C)CC3)cc2)nn1C. The van der Waals surface area contributed by atoms with E-state index in [0.29, 0.717) is 76.8 Å². The molecule has 6 aromatic rings. The maximum absolute atomic E-state index is 14.0. The summed E-state index contributed by atoms with van der Waals surface area (Å²) in [6.45, 7) is 6.47. The number of aromatic nitrogens is 3. The number of hydrogen-bond donors (Lipinski definition) is 0. The molecule has 1 fully saturated rings. The monoisotopic (exact) mass is 834 g/mol. The zero-order valence-electron chi connectivity index (χ0n) is 34.9. The van der Waals surface area contributed by atoms with Crippen LogP contribution in [0.15, 0.2) is 84.9 Å².